The second-order valence-corrected chi connectivity index (χ2v) is 15.5. The maximum Gasteiger partial charge on any atom is 0.323 e. The topological polar surface area (TPSA) is 105 Å². The first-order valence-electron chi connectivity index (χ1n) is 14.7. The van der Waals surface area contributed by atoms with Gasteiger partial charge in [0.2, 0.25) is 0 Å². The van der Waals surface area contributed by atoms with Crippen LogP contribution in [0.1, 0.15) is 43.2 Å². The first-order chi connectivity index (χ1) is 22.1. The minimum absolute atomic E-state index is 0.215. The van der Waals surface area contributed by atoms with E-state index in [0.717, 1.165) is 80.1 Å². The second kappa shape index (κ2) is 12.0. The van der Waals surface area contributed by atoms with Crippen LogP contribution < -0.4 is 25.2 Å². The van der Waals surface area contributed by atoms with Gasteiger partial charge in [0.05, 0.1) is 4.53 Å². The molecule has 236 valence electrons. The molecular weight excluding hydrogens is 681 g/mol. The summed E-state index contributed by atoms with van der Waals surface area (Å²) in [5.74, 6) is -1.12. The number of aliphatic carboxylic acids is 1. The van der Waals surface area contributed by atoms with E-state index >= 15 is 0 Å². The number of thioether (sulfide) groups is 1. The summed E-state index contributed by atoms with van der Waals surface area (Å²) in [5.41, 5.74) is 3.49. The molecule has 0 spiro atoms. The van der Waals surface area contributed by atoms with Crippen molar-refractivity contribution in [1.29, 1.82) is 0 Å². The number of thiocarbonyl (C=S) groups is 1. The van der Waals surface area contributed by atoms with E-state index in [1.165, 1.54) is 15.0 Å². The number of nitrogens with zero attached hydrogens (tertiary/aromatic N) is 4. The number of anilines is 2. The normalized spacial score (nSPS) is 21.4. The van der Waals surface area contributed by atoms with Crippen molar-refractivity contribution in [2.45, 2.75) is 56.1 Å². The van der Waals surface area contributed by atoms with E-state index in [0.29, 0.717) is 36.9 Å². The number of amides is 1. The van der Waals surface area contributed by atoms with Crippen LogP contribution >= 0.6 is 59.3 Å². The lowest BCUT2D eigenvalue weighted by Crippen LogP contribution is -2.30. The van der Waals surface area contributed by atoms with E-state index in [4.69, 9.17) is 12.2 Å². The number of rotatable bonds is 5. The average molecular weight is 709 g/mol. The predicted octanol–water partition coefficient (Wildman–Crippen LogP) is 4.03. The molecule has 0 bridgehead atoms. The van der Waals surface area contributed by atoms with E-state index in [9.17, 15) is 24.3 Å². The van der Waals surface area contributed by atoms with Crippen LogP contribution in [0.15, 0.2) is 56.9 Å². The molecule has 1 saturated heterocycles. The van der Waals surface area contributed by atoms with Gasteiger partial charge in [-0.1, -0.05) is 36.5 Å². The Morgan fingerprint density at radius 1 is 1.04 bits per heavy atom. The molecule has 46 heavy (non-hydrogen) atoms. The molecule has 3 aliphatic rings. The van der Waals surface area contributed by atoms with Gasteiger partial charge in [-0.05, 0) is 73.4 Å². The summed E-state index contributed by atoms with van der Waals surface area (Å²) in [6, 6.07) is 14.8. The van der Waals surface area contributed by atoms with Gasteiger partial charge in [0.15, 0.2) is 0 Å². The lowest BCUT2D eigenvalue weighted by atomic mass is 9.96. The maximum absolute atomic E-state index is 13.7. The van der Waals surface area contributed by atoms with Crippen LogP contribution in [0.2, 0.25) is 0 Å². The van der Waals surface area contributed by atoms with Crippen LogP contribution in [0.25, 0.3) is 11.0 Å². The molecule has 2 fully saturated rings. The Labute approximate surface area is 285 Å². The number of hydrogen-bond acceptors (Lipinski definition) is 10. The van der Waals surface area contributed by atoms with Crippen molar-refractivity contribution in [1.82, 2.24) is 14.0 Å². The van der Waals surface area contributed by atoms with Crippen molar-refractivity contribution in [3.63, 3.8) is 0 Å². The van der Waals surface area contributed by atoms with Gasteiger partial charge >= 0.3 is 5.97 Å². The van der Waals surface area contributed by atoms with E-state index in [-0.39, 0.29) is 20.7 Å². The SMILES string of the molecule is CCn1c(=O)/c(=c2\s/c(=C\c3ccc4c(c3)C3CCCC3N4c3ccc(S)cc3)c(=O)n2CC(=O)O)s/c1=C1/SC(=S)N(C)C1=O. The van der Waals surface area contributed by atoms with Crippen molar-refractivity contribution in [3.8, 4) is 0 Å². The second-order valence-electron chi connectivity index (χ2n) is 11.4. The fraction of sp³-hybridized carbons (Fsp3) is 0.281. The number of carbonyl (C=O) groups excluding carboxylic acids is 1. The summed E-state index contributed by atoms with van der Waals surface area (Å²) >= 11 is 13.0. The number of carboxylic acids is 1. The summed E-state index contributed by atoms with van der Waals surface area (Å²) in [5, 5.41) is 9.70. The van der Waals surface area contributed by atoms with Crippen LogP contribution in [0.3, 0.4) is 0 Å². The van der Waals surface area contributed by atoms with Gasteiger partial charge in [0.1, 0.15) is 29.6 Å². The molecule has 14 heteroatoms. The lowest BCUT2D eigenvalue weighted by Gasteiger charge is -2.27. The predicted molar refractivity (Wildman–Crippen MR) is 190 cm³/mol. The van der Waals surface area contributed by atoms with E-state index in [1.54, 1.807) is 20.0 Å². The average Bonchev–Trinajstić information content (AvgIpc) is 3.82. The number of hydrogen-bond donors (Lipinski definition) is 2. The zero-order valence-electron chi connectivity index (χ0n) is 24.8. The molecule has 2 aromatic carbocycles. The van der Waals surface area contributed by atoms with Gasteiger partial charge in [0, 0.05) is 41.8 Å². The molecule has 1 N–H and O–H groups in total. The highest BCUT2D eigenvalue weighted by Crippen LogP contribution is 2.52. The smallest absolute Gasteiger partial charge is 0.323 e. The quantitative estimate of drug-likeness (QED) is 0.237. The standard InChI is InChI=1S/C32H28N4O5S5/c1-3-34-29(41)26(45-30(34)25-28(40)33(2)32(43)46-25)31-35(15-24(37)38)27(39)23(44-31)14-16-7-12-22-20(13-16)19-5-4-6-21(19)36(22)17-8-10-18(42)11-9-17/h7-14,19,21,42H,3-6,15H2,1-2H3,(H,37,38)/b23-14-,30-25+,31-26+. The summed E-state index contributed by atoms with van der Waals surface area (Å²) in [4.78, 5) is 57.2. The Kier molecular flexibility index (Phi) is 8.12. The molecule has 2 unspecified atom stereocenters. The molecule has 2 aromatic heterocycles. The molecule has 2 aliphatic heterocycles. The van der Waals surface area contributed by atoms with Gasteiger partial charge in [-0.2, -0.15) is 0 Å². The number of aromatic nitrogens is 2. The first-order valence-corrected chi connectivity index (χ1v) is 18.0. The fourth-order valence-corrected chi connectivity index (χ4v) is 10.5. The van der Waals surface area contributed by atoms with Crippen LogP contribution in [0.5, 0.6) is 0 Å². The van der Waals surface area contributed by atoms with Crippen LogP contribution in [-0.2, 0) is 22.7 Å². The van der Waals surface area contributed by atoms with Gasteiger partial charge in [-0.3, -0.25) is 33.2 Å². The van der Waals surface area contributed by atoms with Gasteiger partial charge in [0.25, 0.3) is 17.0 Å². The molecule has 1 saturated carbocycles. The third-order valence-electron chi connectivity index (χ3n) is 8.70. The highest BCUT2D eigenvalue weighted by atomic mass is 32.2. The molecule has 1 amide bonds. The Morgan fingerprint density at radius 3 is 2.48 bits per heavy atom. The molecule has 4 heterocycles. The lowest BCUT2D eigenvalue weighted by molar-refractivity contribution is -0.137. The number of carboxylic acid groups (broad SMARTS) is 1. The molecular formula is C32H28N4O5S5. The fourth-order valence-electron chi connectivity index (χ4n) is 6.60. The molecule has 0 radical (unpaired) electrons. The van der Waals surface area contributed by atoms with Gasteiger partial charge in [-0.25, -0.2) is 0 Å². The number of carbonyl (C=O) groups is 2. The van der Waals surface area contributed by atoms with Crippen molar-refractivity contribution < 1.29 is 14.7 Å². The van der Waals surface area contributed by atoms with Crippen LogP contribution in [-0.4, -0.2) is 48.4 Å². The highest BCUT2D eigenvalue weighted by Gasteiger charge is 2.42. The summed E-state index contributed by atoms with van der Waals surface area (Å²) in [6.45, 7) is 1.49. The Morgan fingerprint density at radius 2 is 1.80 bits per heavy atom. The Bertz CT molecular complexity index is 2300. The van der Waals surface area contributed by atoms with Crippen molar-refractivity contribution >= 4 is 97.8 Å². The summed E-state index contributed by atoms with van der Waals surface area (Å²) < 4.78 is 4.25. The third-order valence-corrected chi connectivity index (χ3v) is 13.1. The molecule has 7 rings (SSSR count). The van der Waals surface area contributed by atoms with E-state index < -0.39 is 18.1 Å². The third kappa shape index (κ3) is 5.10. The van der Waals surface area contributed by atoms with E-state index in [1.807, 2.05) is 18.2 Å². The maximum atomic E-state index is 13.7. The van der Waals surface area contributed by atoms with E-state index in [2.05, 4.69) is 41.8 Å². The van der Waals surface area contributed by atoms with Gasteiger partial charge in [-0.15, -0.1) is 35.3 Å². The highest BCUT2D eigenvalue weighted by molar-refractivity contribution is 8.30. The minimum Gasteiger partial charge on any atom is -0.480 e. The first kappa shape index (κ1) is 31.2. The van der Waals surface area contributed by atoms with Crippen LogP contribution in [0, 0.1) is 9.20 Å². The van der Waals surface area contributed by atoms with Gasteiger partial charge < -0.3 is 10.0 Å². The summed E-state index contributed by atoms with van der Waals surface area (Å²) in [6.07, 6.45) is 5.10. The number of fused-ring (bicyclic) bond motifs is 3. The zero-order valence-corrected chi connectivity index (χ0v) is 28.9. The molecule has 2 atom stereocenters. The summed E-state index contributed by atoms with van der Waals surface area (Å²) in [7, 11) is 1.59. The molecule has 9 nitrogen and oxygen atoms in total. The number of thiazole rings is 2. The zero-order chi connectivity index (χ0) is 32.4. The Balaban J connectivity index is 1.42. The van der Waals surface area contributed by atoms with Crippen molar-refractivity contribution in [2.75, 3.05) is 11.9 Å². The number of benzene rings is 2. The van der Waals surface area contributed by atoms with Crippen LogP contribution in [0.4, 0.5) is 11.4 Å². The number of thiol groups is 1. The van der Waals surface area contributed by atoms with Crippen molar-refractivity contribution in [2.24, 2.45) is 0 Å². The monoisotopic (exact) mass is 708 g/mol. The van der Waals surface area contributed by atoms with Crippen molar-refractivity contribution in [3.05, 3.63) is 92.7 Å². The molecule has 4 aromatic rings. The minimum atomic E-state index is -1.20. The molecule has 1 aliphatic carbocycles. The largest absolute Gasteiger partial charge is 0.480 e. The Hall–Kier alpha value is -3.43.